The van der Waals surface area contributed by atoms with E-state index in [2.05, 4.69) is 57.3 Å². The molecule has 0 saturated heterocycles. The van der Waals surface area contributed by atoms with Crippen molar-refractivity contribution in [3.05, 3.63) is 143 Å². The lowest BCUT2D eigenvalue weighted by Crippen LogP contribution is -2.51. The van der Waals surface area contributed by atoms with Gasteiger partial charge in [-0.05, 0) is 128 Å². The van der Waals surface area contributed by atoms with Crippen LogP contribution in [0.25, 0.3) is 34.6 Å². The molecule has 14 nitrogen and oxygen atoms in total. The van der Waals surface area contributed by atoms with Gasteiger partial charge < -0.3 is 74.4 Å². The maximum Gasteiger partial charge on any atom is 0.737 e. The van der Waals surface area contributed by atoms with Gasteiger partial charge in [-0.25, -0.2) is 0 Å². The van der Waals surface area contributed by atoms with E-state index in [-0.39, 0.29) is 13.2 Å². The lowest BCUT2D eigenvalue weighted by molar-refractivity contribution is -0.362. The van der Waals surface area contributed by atoms with Crippen LogP contribution in [-0.2, 0) is 42.6 Å². The summed E-state index contributed by atoms with van der Waals surface area (Å²) in [5.41, 5.74) is 6.30. The summed E-state index contributed by atoms with van der Waals surface area (Å²) in [6.45, 7) is 6.79. The average Bonchev–Trinajstić information content (AvgIpc) is 4.09. The Bertz CT molecular complexity index is 2870. The second kappa shape index (κ2) is 31.3. The zero-order valence-corrected chi connectivity index (χ0v) is 48.8. The van der Waals surface area contributed by atoms with Gasteiger partial charge >= 0.3 is 6.97 Å². The van der Waals surface area contributed by atoms with Crippen LogP contribution in [0.3, 0.4) is 0 Å². The molecule has 77 heavy (non-hydrogen) atoms. The van der Waals surface area contributed by atoms with E-state index < -0.39 is 6.97 Å². The molecule has 0 atom stereocenters. The van der Waals surface area contributed by atoms with E-state index in [1.54, 1.807) is 27.4 Å². The largest absolute Gasteiger partial charge is 0.737 e. The van der Waals surface area contributed by atoms with Crippen molar-refractivity contribution in [1.82, 2.24) is 4.48 Å². The van der Waals surface area contributed by atoms with Gasteiger partial charge in [0.2, 0.25) is 0 Å². The van der Waals surface area contributed by atoms with Crippen LogP contribution in [-0.4, -0.2) is 162 Å². The van der Waals surface area contributed by atoms with Crippen molar-refractivity contribution >= 4 is 92.4 Å². The summed E-state index contributed by atoms with van der Waals surface area (Å²) < 4.78 is 108. The van der Waals surface area contributed by atoms with Crippen LogP contribution in [0.5, 0.6) is 17.2 Å². The van der Waals surface area contributed by atoms with Crippen molar-refractivity contribution in [1.29, 1.82) is 0 Å². The Morgan fingerprint density at radius 1 is 0.545 bits per heavy atom. The summed E-state index contributed by atoms with van der Waals surface area (Å²) in [6, 6.07) is 27.3. The molecule has 0 radical (unpaired) electrons. The number of aromatic nitrogens is 1. The van der Waals surface area contributed by atoms with Gasteiger partial charge in [-0.1, -0.05) is 66.7 Å². The lowest BCUT2D eigenvalue weighted by Gasteiger charge is -2.34. The minimum Gasteiger partial charge on any atom is -0.491 e. The highest BCUT2D eigenvalue weighted by Gasteiger charge is 2.57. The van der Waals surface area contributed by atoms with E-state index in [1.165, 1.54) is 8.96 Å². The Kier molecular flexibility index (Phi) is 24.4. The fourth-order valence-corrected chi connectivity index (χ4v) is 10.2. The van der Waals surface area contributed by atoms with Gasteiger partial charge in [0.25, 0.3) is 0 Å². The maximum atomic E-state index is 18.3. The van der Waals surface area contributed by atoms with Crippen LogP contribution in [0.2, 0.25) is 0 Å². The van der Waals surface area contributed by atoms with Crippen molar-refractivity contribution in [2.75, 3.05) is 140 Å². The van der Waals surface area contributed by atoms with E-state index >= 15 is 8.63 Å². The number of methoxy groups -OCH3 is 3. The van der Waals surface area contributed by atoms with Crippen LogP contribution in [0.15, 0.2) is 106 Å². The highest BCUT2D eigenvalue weighted by Crippen LogP contribution is 2.48. The lowest BCUT2D eigenvalue weighted by atomic mass is 9.83. The first-order valence-corrected chi connectivity index (χ1v) is 27.9. The summed E-state index contributed by atoms with van der Waals surface area (Å²) in [5.74, 6) is 1.60. The number of hydrogen-bond acceptors (Lipinski definition) is 12. The molecule has 0 spiro atoms. The zero-order valence-electron chi connectivity index (χ0n) is 44.5. The Hall–Kier alpha value is -4.53. The molecular formula is C58H69BF2I2N2O12. The highest BCUT2D eigenvalue weighted by atomic mass is 127. The topological polar surface area (TPSA) is 119 Å². The third-order valence-corrected chi connectivity index (χ3v) is 15.3. The summed E-state index contributed by atoms with van der Waals surface area (Å²) in [4.78, 5) is 0. The van der Waals surface area contributed by atoms with Crippen LogP contribution in [0.4, 0.5) is 8.63 Å². The van der Waals surface area contributed by atoms with Crippen molar-refractivity contribution in [3.8, 4) is 17.2 Å². The summed E-state index contributed by atoms with van der Waals surface area (Å²) in [7, 11) is 4.89. The first-order valence-electron chi connectivity index (χ1n) is 25.7. The van der Waals surface area contributed by atoms with E-state index in [1.807, 2.05) is 105 Å². The molecule has 7 rings (SSSR count). The van der Waals surface area contributed by atoms with Gasteiger partial charge in [0.1, 0.15) is 25.6 Å². The number of halogens is 4. The SMILES string of the molecule is COCCOCCOCCOc1ccc(C2=C3C(C)=C(I)C(/C=C/c4cccc5ccccc45)=[N+]3[B-](F)(F)n3c(/C=C/c4ccc(OCCOCCOCCOC)c(OCCOCCOCCOC)c4)c(I)c(C)c32)cc1. The molecule has 414 valence electrons. The Morgan fingerprint density at radius 2 is 1.08 bits per heavy atom. The number of hydrogen-bond donors (Lipinski definition) is 0. The fourth-order valence-electron chi connectivity index (χ4n) is 8.83. The number of ether oxygens (including phenoxy) is 12. The molecule has 3 heterocycles. The second-order valence-corrected chi connectivity index (χ2v) is 19.9. The number of benzene rings is 4. The van der Waals surface area contributed by atoms with E-state index in [4.69, 9.17) is 56.8 Å². The predicted octanol–water partition coefficient (Wildman–Crippen LogP) is 10.8. The molecule has 0 bridgehead atoms. The van der Waals surface area contributed by atoms with Gasteiger partial charge in [0.15, 0.2) is 22.9 Å². The van der Waals surface area contributed by atoms with Gasteiger partial charge in [0.05, 0.1) is 108 Å². The first kappa shape index (κ1) is 60.1. The van der Waals surface area contributed by atoms with E-state index in [9.17, 15) is 0 Å². The molecule has 1 aromatic heterocycles. The highest BCUT2D eigenvalue weighted by molar-refractivity contribution is 14.1. The fraction of sp³-hybridized carbons (Fsp3) is 0.397. The molecule has 0 N–H and O–H groups in total. The first-order chi connectivity index (χ1) is 37.6. The summed E-state index contributed by atoms with van der Waals surface area (Å²) in [6.07, 6.45) is 7.37. The van der Waals surface area contributed by atoms with Gasteiger partial charge in [0, 0.05) is 47.9 Å². The third-order valence-electron chi connectivity index (χ3n) is 12.6. The molecule has 0 unspecified atom stereocenters. The van der Waals surface area contributed by atoms with Crippen LogP contribution < -0.4 is 14.2 Å². The minimum atomic E-state index is -4.50. The second-order valence-electron chi connectivity index (χ2n) is 17.7. The smallest absolute Gasteiger partial charge is 0.491 e. The third kappa shape index (κ3) is 16.1. The minimum absolute atomic E-state index is 0.232. The van der Waals surface area contributed by atoms with Crippen LogP contribution in [0.1, 0.15) is 40.6 Å². The maximum absolute atomic E-state index is 18.3. The van der Waals surface area contributed by atoms with E-state index in [0.717, 1.165) is 36.6 Å². The van der Waals surface area contributed by atoms with Gasteiger partial charge in [-0.2, -0.15) is 0 Å². The van der Waals surface area contributed by atoms with Gasteiger partial charge in [-0.15, -0.1) is 0 Å². The Balaban J connectivity index is 1.21. The summed E-state index contributed by atoms with van der Waals surface area (Å²) in [5, 5.41) is 2.10. The number of allylic oxidation sites excluding steroid dienone is 3. The van der Waals surface area contributed by atoms with Crippen LogP contribution in [0, 0.1) is 10.5 Å². The van der Waals surface area contributed by atoms with Crippen molar-refractivity contribution in [2.45, 2.75) is 13.8 Å². The Morgan fingerprint density at radius 3 is 1.68 bits per heavy atom. The van der Waals surface area contributed by atoms with Crippen LogP contribution >= 0.6 is 45.2 Å². The van der Waals surface area contributed by atoms with Gasteiger partial charge in [-0.3, -0.25) is 0 Å². The molecular weight excluding hydrogens is 1220 g/mol. The molecule has 5 aromatic rings. The average molecular weight is 1290 g/mol. The molecule has 2 aliphatic rings. The number of rotatable bonds is 35. The zero-order chi connectivity index (χ0) is 54.4. The molecule has 0 aliphatic carbocycles. The molecule has 19 heteroatoms. The van der Waals surface area contributed by atoms with Crippen molar-refractivity contribution in [2.24, 2.45) is 0 Å². The van der Waals surface area contributed by atoms with Crippen molar-refractivity contribution < 1.29 is 70.0 Å². The standard InChI is InChI=1S/C58H69BF2I2N2O12/c1-42-55(62)50(20-13-44-14-22-52(76-39-36-73-33-30-70-27-24-67-4)53(41-44)77-40-37-74-34-31-71-28-25-68-5)64-57(42)54(47-15-18-48(19-16-47)75-38-35-72-32-29-69-26-23-66-3)58-43(2)56(63)51(65(58)59(64,60)61)21-17-46-11-8-10-45-9-6-7-12-49(45)46/h6-22,41H,23-40H2,1-5H3/b20-13+,21-17+. The van der Waals surface area contributed by atoms with Crippen molar-refractivity contribution in [3.63, 3.8) is 0 Å². The van der Waals surface area contributed by atoms with E-state index in [0.29, 0.717) is 160 Å². The number of nitrogens with zero attached hydrogens (tertiary/aromatic N) is 2. The number of fused-ring (bicyclic) bond motifs is 3. The normalized spacial score (nSPS) is 14.2. The predicted molar refractivity (Wildman–Crippen MR) is 315 cm³/mol. The molecule has 0 saturated carbocycles. The Labute approximate surface area is 478 Å². The monoisotopic (exact) mass is 1290 g/mol. The molecule has 0 amide bonds. The molecule has 4 aromatic carbocycles. The quantitative estimate of drug-likeness (QED) is 0.0218. The summed E-state index contributed by atoms with van der Waals surface area (Å²) >= 11 is 4.44. The molecule has 0 fully saturated rings. The molecule has 2 aliphatic heterocycles.